The highest BCUT2D eigenvalue weighted by Gasteiger charge is 2.00. The van der Waals surface area contributed by atoms with Crippen molar-refractivity contribution in [3.8, 4) is 5.88 Å². The zero-order valence-electron chi connectivity index (χ0n) is 4.74. The van der Waals surface area contributed by atoms with E-state index in [0.717, 1.165) is 0 Å². The minimum absolute atomic E-state index is 0.255. The smallest absolute Gasteiger partial charge is 0.249 e. The molecule has 0 aromatic carbocycles. The first-order chi connectivity index (χ1) is 4.79. The van der Waals surface area contributed by atoms with Crippen LogP contribution < -0.4 is 4.74 Å². The molecule has 0 atom stereocenters. The van der Waals surface area contributed by atoms with Crippen molar-refractivity contribution in [3.63, 3.8) is 0 Å². The molecule has 0 fully saturated rings. The summed E-state index contributed by atoms with van der Waals surface area (Å²) in [6.07, 6.45) is 1.43. The van der Waals surface area contributed by atoms with Gasteiger partial charge in [0.05, 0.1) is 6.20 Å². The van der Waals surface area contributed by atoms with Crippen LogP contribution in [0.25, 0.3) is 0 Å². The number of nitrogens with zero attached hydrogens (tertiary/aromatic N) is 3. The second-order valence-electron chi connectivity index (χ2n) is 1.34. The SMILES string of the molecule is ClC(Cl)Oc1ccnnn1. The summed E-state index contributed by atoms with van der Waals surface area (Å²) in [6.45, 7) is 0. The van der Waals surface area contributed by atoms with E-state index in [-0.39, 0.29) is 5.88 Å². The van der Waals surface area contributed by atoms with Gasteiger partial charge in [-0.15, -0.1) is 5.10 Å². The van der Waals surface area contributed by atoms with Crippen molar-refractivity contribution in [2.45, 2.75) is 5.02 Å². The van der Waals surface area contributed by atoms with Gasteiger partial charge in [0, 0.05) is 6.07 Å². The van der Waals surface area contributed by atoms with E-state index in [1.54, 1.807) is 0 Å². The summed E-state index contributed by atoms with van der Waals surface area (Å²) >= 11 is 10.5. The highest BCUT2D eigenvalue weighted by atomic mass is 35.5. The molecule has 6 heteroatoms. The summed E-state index contributed by atoms with van der Waals surface area (Å²) in [4.78, 5) is 0. The average Bonchev–Trinajstić information content (AvgIpc) is 1.88. The molecule has 0 aliphatic rings. The molecule has 1 aromatic heterocycles. The van der Waals surface area contributed by atoms with Crippen LogP contribution in [0.3, 0.4) is 0 Å². The van der Waals surface area contributed by atoms with Gasteiger partial charge in [-0.05, 0) is 5.21 Å². The van der Waals surface area contributed by atoms with Crippen LogP contribution in [0.1, 0.15) is 0 Å². The Morgan fingerprint density at radius 3 is 2.80 bits per heavy atom. The molecule has 10 heavy (non-hydrogen) atoms. The van der Waals surface area contributed by atoms with Crippen LogP contribution in [0, 0.1) is 0 Å². The summed E-state index contributed by atoms with van der Waals surface area (Å²) in [6, 6.07) is 1.50. The summed E-state index contributed by atoms with van der Waals surface area (Å²) < 4.78 is 4.73. The molecule has 0 N–H and O–H groups in total. The van der Waals surface area contributed by atoms with E-state index in [4.69, 9.17) is 27.9 Å². The third kappa shape index (κ3) is 2.33. The maximum Gasteiger partial charge on any atom is 0.249 e. The largest absolute Gasteiger partial charge is 0.442 e. The van der Waals surface area contributed by atoms with Gasteiger partial charge in [-0.25, -0.2) is 0 Å². The lowest BCUT2D eigenvalue weighted by Crippen LogP contribution is -2.01. The van der Waals surface area contributed by atoms with Gasteiger partial charge in [-0.3, -0.25) is 0 Å². The number of aromatic nitrogens is 3. The average molecular weight is 180 g/mol. The second-order valence-corrected chi connectivity index (χ2v) is 2.35. The predicted octanol–water partition coefficient (Wildman–Crippen LogP) is 1.01. The van der Waals surface area contributed by atoms with E-state index in [1.807, 2.05) is 0 Å². The monoisotopic (exact) mass is 179 g/mol. The Morgan fingerprint density at radius 1 is 1.50 bits per heavy atom. The third-order valence-corrected chi connectivity index (χ3v) is 0.867. The molecule has 0 amide bonds. The summed E-state index contributed by atoms with van der Waals surface area (Å²) in [5, 5.41) is 9.27. The molecular formula is C4H3Cl2N3O. The molecule has 4 nitrogen and oxygen atoms in total. The minimum Gasteiger partial charge on any atom is -0.442 e. The fourth-order valence-corrected chi connectivity index (χ4v) is 0.567. The van der Waals surface area contributed by atoms with Crippen molar-refractivity contribution in [2.24, 2.45) is 0 Å². The molecule has 0 unspecified atom stereocenters. The van der Waals surface area contributed by atoms with Gasteiger partial charge >= 0.3 is 0 Å². The Labute approximate surface area is 67.1 Å². The lowest BCUT2D eigenvalue weighted by Gasteiger charge is -2.01. The van der Waals surface area contributed by atoms with E-state index in [0.29, 0.717) is 0 Å². The molecule has 0 radical (unpaired) electrons. The fraction of sp³-hybridized carbons (Fsp3) is 0.250. The highest BCUT2D eigenvalue weighted by molar-refractivity contribution is 6.43. The van der Waals surface area contributed by atoms with Crippen LogP contribution in [-0.2, 0) is 0 Å². The van der Waals surface area contributed by atoms with Crippen molar-refractivity contribution in [3.05, 3.63) is 12.3 Å². The first-order valence-corrected chi connectivity index (χ1v) is 3.25. The normalized spacial score (nSPS) is 9.90. The van der Waals surface area contributed by atoms with Crippen LogP contribution in [0.5, 0.6) is 5.88 Å². The Bertz CT molecular complexity index is 193. The number of ether oxygens (including phenoxy) is 1. The number of alkyl halides is 2. The van der Waals surface area contributed by atoms with Crippen LogP contribution in [0.15, 0.2) is 12.3 Å². The maximum atomic E-state index is 5.27. The van der Waals surface area contributed by atoms with Gasteiger partial charge < -0.3 is 4.74 Å². The number of halogens is 2. The topological polar surface area (TPSA) is 47.9 Å². The maximum absolute atomic E-state index is 5.27. The number of hydrogen-bond acceptors (Lipinski definition) is 4. The standard InChI is InChI=1S/C4H3Cl2N3O/c5-4(6)10-3-1-2-7-9-8-3/h1-2,4H. The van der Waals surface area contributed by atoms with Gasteiger partial charge in [0.25, 0.3) is 0 Å². The third-order valence-electron chi connectivity index (χ3n) is 0.689. The molecule has 0 aliphatic heterocycles. The van der Waals surface area contributed by atoms with Crippen LogP contribution in [0.2, 0.25) is 0 Å². The molecule has 1 heterocycles. The van der Waals surface area contributed by atoms with E-state index >= 15 is 0 Å². The van der Waals surface area contributed by atoms with Crippen LogP contribution >= 0.6 is 23.2 Å². The molecule has 0 bridgehead atoms. The first-order valence-electron chi connectivity index (χ1n) is 2.38. The molecule has 0 saturated carbocycles. The van der Waals surface area contributed by atoms with Gasteiger partial charge in [0.2, 0.25) is 10.9 Å². The van der Waals surface area contributed by atoms with E-state index in [9.17, 15) is 0 Å². The molecule has 1 rings (SSSR count). The van der Waals surface area contributed by atoms with E-state index in [2.05, 4.69) is 15.4 Å². The van der Waals surface area contributed by atoms with Crippen molar-refractivity contribution in [2.75, 3.05) is 0 Å². The molecule has 0 saturated heterocycles. The zero-order chi connectivity index (χ0) is 7.40. The van der Waals surface area contributed by atoms with Crippen molar-refractivity contribution >= 4 is 23.2 Å². The molecule has 0 spiro atoms. The van der Waals surface area contributed by atoms with Gasteiger partial charge in [-0.2, -0.15) is 0 Å². The van der Waals surface area contributed by atoms with Crippen LogP contribution in [-0.4, -0.2) is 20.4 Å². The summed E-state index contributed by atoms with van der Waals surface area (Å²) in [5.41, 5.74) is 0. The molecule has 54 valence electrons. The Kier molecular flexibility index (Phi) is 2.65. The van der Waals surface area contributed by atoms with Crippen molar-refractivity contribution < 1.29 is 4.74 Å². The fourth-order valence-electron chi connectivity index (χ4n) is 0.384. The lowest BCUT2D eigenvalue weighted by atomic mass is 10.7. The Hall–Kier alpha value is -0.610. The molecule has 0 aliphatic carbocycles. The predicted molar refractivity (Wildman–Crippen MR) is 35.9 cm³/mol. The van der Waals surface area contributed by atoms with Crippen molar-refractivity contribution in [1.82, 2.24) is 15.4 Å². The molecule has 1 aromatic rings. The van der Waals surface area contributed by atoms with E-state index < -0.39 is 5.02 Å². The Balaban J connectivity index is 2.59. The Morgan fingerprint density at radius 2 is 2.30 bits per heavy atom. The van der Waals surface area contributed by atoms with E-state index in [1.165, 1.54) is 12.3 Å². The second kappa shape index (κ2) is 3.53. The van der Waals surface area contributed by atoms with Gasteiger partial charge in [0.15, 0.2) is 0 Å². The summed E-state index contributed by atoms with van der Waals surface area (Å²) in [5.74, 6) is 0.255. The first kappa shape index (κ1) is 7.50. The summed E-state index contributed by atoms with van der Waals surface area (Å²) in [7, 11) is 0. The lowest BCUT2D eigenvalue weighted by molar-refractivity contribution is 0.333. The van der Waals surface area contributed by atoms with Crippen LogP contribution in [0.4, 0.5) is 0 Å². The molecular weight excluding hydrogens is 177 g/mol. The zero-order valence-corrected chi connectivity index (χ0v) is 6.25. The number of hydrogen-bond donors (Lipinski definition) is 0. The quantitative estimate of drug-likeness (QED) is 0.637. The highest BCUT2D eigenvalue weighted by Crippen LogP contribution is 2.09. The van der Waals surface area contributed by atoms with Crippen molar-refractivity contribution in [1.29, 1.82) is 0 Å². The van der Waals surface area contributed by atoms with Gasteiger partial charge in [0.1, 0.15) is 0 Å². The number of rotatable bonds is 2. The van der Waals surface area contributed by atoms with Gasteiger partial charge in [-0.1, -0.05) is 28.3 Å². The minimum atomic E-state index is -0.920.